The SMILES string of the molecule is COCCNCCNC(=O)CN(C)C(=O)C(C)n1cccn1. The van der Waals surface area contributed by atoms with Gasteiger partial charge in [-0.2, -0.15) is 5.10 Å². The van der Waals surface area contributed by atoms with E-state index in [9.17, 15) is 9.59 Å². The number of aromatic nitrogens is 2. The summed E-state index contributed by atoms with van der Waals surface area (Å²) in [7, 11) is 3.25. The molecule has 22 heavy (non-hydrogen) atoms. The second-order valence-electron chi connectivity index (χ2n) is 4.95. The number of nitrogens with one attached hydrogen (secondary N) is 2. The molecule has 1 heterocycles. The van der Waals surface area contributed by atoms with E-state index in [0.29, 0.717) is 19.7 Å². The van der Waals surface area contributed by atoms with Crippen molar-refractivity contribution >= 4 is 11.8 Å². The summed E-state index contributed by atoms with van der Waals surface area (Å²) in [5.74, 6) is -0.339. The van der Waals surface area contributed by atoms with Gasteiger partial charge in [0.15, 0.2) is 0 Å². The Balaban J connectivity index is 2.24. The molecule has 0 bridgehead atoms. The van der Waals surface area contributed by atoms with Gasteiger partial charge in [0.1, 0.15) is 6.04 Å². The minimum Gasteiger partial charge on any atom is -0.383 e. The van der Waals surface area contributed by atoms with Crippen LogP contribution in [0.25, 0.3) is 0 Å². The van der Waals surface area contributed by atoms with Crippen molar-refractivity contribution in [2.45, 2.75) is 13.0 Å². The van der Waals surface area contributed by atoms with Crippen LogP contribution in [0.15, 0.2) is 18.5 Å². The highest BCUT2D eigenvalue weighted by Crippen LogP contribution is 2.06. The topological polar surface area (TPSA) is 88.5 Å². The molecule has 1 atom stereocenters. The number of carbonyl (C=O) groups excluding carboxylic acids is 2. The largest absolute Gasteiger partial charge is 0.383 e. The zero-order valence-corrected chi connectivity index (χ0v) is 13.4. The van der Waals surface area contributed by atoms with E-state index in [0.717, 1.165) is 6.54 Å². The van der Waals surface area contributed by atoms with E-state index in [1.165, 1.54) is 4.90 Å². The maximum atomic E-state index is 12.2. The van der Waals surface area contributed by atoms with Crippen LogP contribution in [0.2, 0.25) is 0 Å². The third-order valence-electron chi connectivity index (χ3n) is 3.14. The second-order valence-corrected chi connectivity index (χ2v) is 4.95. The van der Waals surface area contributed by atoms with Crippen molar-refractivity contribution in [1.29, 1.82) is 0 Å². The highest BCUT2D eigenvalue weighted by molar-refractivity contribution is 5.86. The van der Waals surface area contributed by atoms with Crippen LogP contribution in [0.4, 0.5) is 0 Å². The first-order valence-corrected chi connectivity index (χ1v) is 7.26. The molecule has 0 saturated heterocycles. The van der Waals surface area contributed by atoms with Crippen LogP contribution in [0.5, 0.6) is 0 Å². The number of carbonyl (C=O) groups is 2. The standard InChI is InChI=1S/C14H25N5O3/c1-12(19-9-4-5-17-19)14(21)18(2)11-13(20)16-7-6-15-8-10-22-3/h4-5,9,12,15H,6-8,10-11H2,1-3H3,(H,16,20). The van der Waals surface area contributed by atoms with Crippen LogP contribution >= 0.6 is 0 Å². The lowest BCUT2D eigenvalue weighted by Crippen LogP contribution is -2.42. The minimum atomic E-state index is -0.427. The molecule has 1 rings (SSSR count). The van der Waals surface area contributed by atoms with Gasteiger partial charge in [-0.25, -0.2) is 0 Å². The zero-order valence-electron chi connectivity index (χ0n) is 13.4. The summed E-state index contributed by atoms with van der Waals surface area (Å²) in [6, 6.07) is 1.33. The van der Waals surface area contributed by atoms with Gasteiger partial charge < -0.3 is 20.3 Å². The highest BCUT2D eigenvalue weighted by Gasteiger charge is 2.20. The summed E-state index contributed by atoms with van der Waals surface area (Å²) in [5.41, 5.74) is 0. The predicted molar refractivity (Wildman–Crippen MR) is 82.3 cm³/mol. The molecule has 0 saturated carbocycles. The van der Waals surface area contributed by atoms with Crippen LogP contribution in [-0.2, 0) is 14.3 Å². The molecule has 1 unspecified atom stereocenters. The Bertz CT molecular complexity index is 449. The molecule has 124 valence electrons. The number of hydrogen-bond acceptors (Lipinski definition) is 5. The van der Waals surface area contributed by atoms with E-state index in [4.69, 9.17) is 4.74 Å². The third kappa shape index (κ3) is 6.23. The molecule has 8 heteroatoms. The molecule has 0 aromatic carbocycles. The first kappa shape index (κ1) is 18.1. The zero-order chi connectivity index (χ0) is 16.4. The van der Waals surface area contributed by atoms with Crippen molar-refractivity contribution in [3.63, 3.8) is 0 Å². The van der Waals surface area contributed by atoms with E-state index >= 15 is 0 Å². The summed E-state index contributed by atoms with van der Waals surface area (Å²) in [6.45, 7) is 4.34. The fraction of sp³-hybridized carbons (Fsp3) is 0.643. The van der Waals surface area contributed by atoms with Crippen LogP contribution < -0.4 is 10.6 Å². The molecular formula is C14H25N5O3. The fourth-order valence-corrected chi connectivity index (χ4v) is 1.88. The Morgan fingerprint density at radius 3 is 2.77 bits per heavy atom. The molecule has 0 radical (unpaired) electrons. The number of rotatable bonds is 10. The molecule has 1 aromatic rings. The normalized spacial score (nSPS) is 12.0. The first-order chi connectivity index (χ1) is 10.6. The minimum absolute atomic E-state index is 0.0303. The Labute approximate surface area is 130 Å². The van der Waals surface area contributed by atoms with Crippen LogP contribution in [0, 0.1) is 0 Å². The van der Waals surface area contributed by atoms with Gasteiger partial charge in [0.05, 0.1) is 13.2 Å². The Hall–Kier alpha value is -1.93. The summed E-state index contributed by atoms with van der Waals surface area (Å²) in [6.07, 6.45) is 3.34. The van der Waals surface area contributed by atoms with E-state index in [1.54, 1.807) is 44.2 Å². The van der Waals surface area contributed by atoms with Gasteiger partial charge in [0, 0.05) is 46.2 Å². The van der Waals surface area contributed by atoms with Crippen LogP contribution in [0.1, 0.15) is 13.0 Å². The Morgan fingerprint density at radius 2 is 2.14 bits per heavy atom. The predicted octanol–water partition coefficient (Wildman–Crippen LogP) is -0.745. The molecule has 0 spiro atoms. The van der Waals surface area contributed by atoms with Gasteiger partial charge in [-0.15, -0.1) is 0 Å². The lowest BCUT2D eigenvalue weighted by Gasteiger charge is -2.21. The van der Waals surface area contributed by atoms with Gasteiger partial charge in [-0.3, -0.25) is 14.3 Å². The van der Waals surface area contributed by atoms with Gasteiger partial charge in [0.25, 0.3) is 0 Å². The first-order valence-electron chi connectivity index (χ1n) is 7.26. The van der Waals surface area contributed by atoms with Gasteiger partial charge in [0.2, 0.25) is 11.8 Å². The average Bonchev–Trinajstić information content (AvgIpc) is 3.03. The molecule has 1 aromatic heterocycles. The highest BCUT2D eigenvalue weighted by atomic mass is 16.5. The molecule has 0 fully saturated rings. The third-order valence-corrected chi connectivity index (χ3v) is 3.14. The monoisotopic (exact) mass is 311 g/mol. The average molecular weight is 311 g/mol. The fourth-order valence-electron chi connectivity index (χ4n) is 1.88. The molecule has 0 aliphatic rings. The molecule has 2 N–H and O–H groups in total. The lowest BCUT2D eigenvalue weighted by molar-refractivity contribution is -0.137. The molecule has 2 amide bonds. The number of methoxy groups -OCH3 is 1. The summed E-state index contributed by atoms with van der Waals surface area (Å²) >= 11 is 0. The summed E-state index contributed by atoms with van der Waals surface area (Å²) in [4.78, 5) is 25.4. The van der Waals surface area contributed by atoms with Gasteiger partial charge in [-0.05, 0) is 13.0 Å². The van der Waals surface area contributed by atoms with Crippen molar-refractivity contribution in [2.24, 2.45) is 0 Å². The Morgan fingerprint density at radius 1 is 1.36 bits per heavy atom. The number of nitrogens with zero attached hydrogens (tertiary/aromatic N) is 3. The van der Waals surface area contributed by atoms with Crippen LogP contribution in [0.3, 0.4) is 0 Å². The summed E-state index contributed by atoms with van der Waals surface area (Å²) in [5, 5.41) is 9.92. The summed E-state index contributed by atoms with van der Waals surface area (Å²) < 4.78 is 6.47. The molecular weight excluding hydrogens is 286 g/mol. The van der Waals surface area contributed by atoms with Crippen molar-refractivity contribution < 1.29 is 14.3 Å². The number of amides is 2. The molecule has 8 nitrogen and oxygen atoms in total. The number of hydrogen-bond donors (Lipinski definition) is 2. The smallest absolute Gasteiger partial charge is 0.247 e. The van der Waals surface area contributed by atoms with E-state index in [2.05, 4.69) is 15.7 Å². The van der Waals surface area contributed by atoms with Crippen molar-refractivity contribution in [2.75, 3.05) is 46.9 Å². The molecule has 0 aliphatic carbocycles. The maximum absolute atomic E-state index is 12.2. The van der Waals surface area contributed by atoms with Gasteiger partial charge in [-0.1, -0.05) is 0 Å². The van der Waals surface area contributed by atoms with E-state index < -0.39 is 6.04 Å². The quantitative estimate of drug-likeness (QED) is 0.555. The van der Waals surface area contributed by atoms with Gasteiger partial charge >= 0.3 is 0 Å². The maximum Gasteiger partial charge on any atom is 0.247 e. The van der Waals surface area contributed by atoms with Crippen molar-refractivity contribution in [1.82, 2.24) is 25.3 Å². The number of likely N-dealkylation sites (N-methyl/N-ethyl adjacent to an activating group) is 1. The van der Waals surface area contributed by atoms with E-state index in [-0.39, 0.29) is 18.4 Å². The Kier molecular flexibility index (Phi) is 8.16. The van der Waals surface area contributed by atoms with E-state index in [1.807, 2.05) is 0 Å². The second kappa shape index (κ2) is 9.91. The number of ether oxygens (including phenoxy) is 1. The van der Waals surface area contributed by atoms with Crippen molar-refractivity contribution in [3.8, 4) is 0 Å². The lowest BCUT2D eigenvalue weighted by atomic mass is 10.3. The van der Waals surface area contributed by atoms with Crippen molar-refractivity contribution in [3.05, 3.63) is 18.5 Å². The molecule has 0 aliphatic heterocycles. The van der Waals surface area contributed by atoms with Crippen LogP contribution in [-0.4, -0.2) is 73.4 Å².